The van der Waals surface area contributed by atoms with Gasteiger partial charge in [0.05, 0.1) is 5.56 Å². The molecule has 1 aromatic rings. The van der Waals surface area contributed by atoms with Crippen LogP contribution in [0, 0.1) is 11.7 Å². The fraction of sp³-hybridized carbons (Fsp3) is 0.533. The summed E-state index contributed by atoms with van der Waals surface area (Å²) < 4.78 is 14.6. The Balaban J connectivity index is 2.19. The number of piperidine rings is 1. The van der Waals surface area contributed by atoms with E-state index in [9.17, 15) is 9.18 Å². The number of nitrogens with zero attached hydrogens (tertiary/aromatic N) is 1. The second-order valence-electron chi connectivity index (χ2n) is 5.31. The Morgan fingerprint density at radius 2 is 2.30 bits per heavy atom. The molecule has 110 valence electrons. The average molecular weight is 343 g/mol. The molecule has 0 bridgehead atoms. The summed E-state index contributed by atoms with van der Waals surface area (Å²) in [6, 6.07) is 4.56. The van der Waals surface area contributed by atoms with Crippen LogP contribution in [0.15, 0.2) is 22.7 Å². The molecule has 0 spiro atoms. The van der Waals surface area contributed by atoms with E-state index in [0.29, 0.717) is 23.5 Å². The van der Waals surface area contributed by atoms with Crippen molar-refractivity contribution < 1.29 is 9.18 Å². The van der Waals surface area contributed by atoms with E-state index in [1.54, 1.807) is 11.0 Å². The minimum atomic E-state index is -0.488. The summed E-state index contributed by atoms with van der Waals surface area (Å²) >= 11 is 3.20. The van der Waals surface area contributed by atoms with Gasteiger partial charge in [-0.15, -0.1) is 0 Å². The minimum Gasteiger partial charge on any atom is -0.334 e. The Labute approximate surface area is 127 Å². The zero-order valence-corrected chi connectivity index (χ0v) is 13.2. The highest BCUT2D eigenvalue weighted by Gasteiger charge is 2.31. The van der Waals surface area contributed by atoms with Crippen LogP contribution in [0.1, 0.15) is 36.5 Å². The summed E-state index contributed by atoms with van der Waals surface area (Å²) in [5.41, 5.74) is 5.92. The molecule has 0 saturated carbocycles. The van der Waals surface area contributed by atoms with Crippen LogP contribution in [0.25, 0.3) is 0 Å². The Morgan fingerprint density at radius 1 is 1.55 bits per heavy atom. The summed E-state index contributed by atoms with van der Waals surface area (Å²) in [7, 11) is 0. The number of halogens is 2. The van der Waals surface area contributed by atoms with Gasteiger partial charge in [0.2, 0.25) is 0 Å². The fourth-order valence-corrected chi connectivity index (χ4v) is 3.15. The number of benzene rings is 1. The van der Waals surface area contributed by atoms with Crippen LogP contribution in [-0.4, -0.2) is 29.9 Å². The number of rotatable bonds is 3. The first-order valence-corrected chi connectivity index (χ1v) is 7.82. The number of carbonyl (C=O) groups excluding carboxylic acids is 1. The average Bonchev–Trinajstić information content (AvgIpc) is 2.46. The van der Waals surface area contributed by atoms with Crippen LogP contribution in [-0.2, 0) is 0 Å². The third kappa shape index (κ3) is 3.20. The normalized spacial score (nSPS) is 22.9. The standard InChI is InChI=1S/C15H20BrFN2O/c1-2-10-5-6-19(12(7-10)9-18)15(20)13-4-3-11(16)8-14(13)17/h3-4,8,10,12H,2,5-7,9,18H2,1H3. The molecule has 1 aliphatic rings. The van der Waals surface area contributed by atoms with Crippen LogP contribution in [0.2, 0.25) is 0 Å². The number of hydrogen-bond donors (Lipinski definition) is 1. The maximum atomic E-state index is 13.9. The van der Waals surface area contributed by atoms with Gasteiger partial charge in [-0.3, -0.25) is 4.79 Å². The van der Waals surface area contributed by atoms with Crippen molar-refractivity contribution in [2.75, 3.05) is 13.1 Å². The molecule has 0 radical (unpaired) electrons. The molecule has 0 aliphatic carbocycles. The van der Waals surface area contributed by atoms with E-state index in [1.807, 2.05) is 0 Å². The van der Waals surface area contributed by atoms with E-state index in [2.05, 4.69) is 22.9 Å². The van der Waals surface area contributed by atoms with Crippen molar-refractivity contribution in [3.8, 4) is 0 Å². The molecular formula is C15H20BrFN2O. The van der Waals surface area contributed by atoms with Gasteiger partial charge in [0.1, 0.15) is 5.82 Å². The molecule has 1 amide bonds. The molecule has 5 heteroatoms. The molecule has 1 heterocycles. The van der Waals surface area contributed by atoms with Gasteiger partial charge in [-0.1, -0.05) is 29.3 Å². The van der Waals surface area contributed by atoms with Crippen molar-refractivity contribution in [2.45, 2.75) is 32.2 Å². The zero-order valence-electron chi connectivity index (χ0n) is 11.6. The molecule has 3 nitrogen and oxygen atoms in total. The molecule has 1 aromatic carbocycles. The van der Waals surface area contributed by atoms with Crippen LogP contribution < -0.4 is 5.73 Å². The van der Waals surface area contributed by atoms with Gasteiger partial charge in [-0.25, -0.2) is 4.39 Å². The van der Waals surface area contributed by atoms with E-state index >= 15 is 0 Å². The summed E-state index contributed by atoms with van der Waals surface area (Å²) in [5, 5.41) is 0. The van der Waals surface area contributed by atoms with Crippen molar-refractivity contribution in [1.82, 2.24) is 4.90 Å². The lowest BCUT2D eigenvalue weighted by atomic mass is 9.88. The lowest BCUT2D eigenvalue weighted by Gasteiger charge is -2.39. The second-order valence-corrected chi connectivity index (χ2v) is 6.23. The van der Waals surface area contributed by atoms with Crippen molar-refractivity contribution >= 4 is 21.8 Å². The van der Waals surface area contributed by atoms with E-state index in [4.69, 9.17) is 5.73 Å². The molecule has 2 rings (SSSR count). The highest BCUT2D eigenvalue weighted by molar-refractivity contribution is 9.10. The summed E-state index contributed by atoms with van der Waals surface area (Å²) in [6.07, 6.45) is 2.99. The van der Waals surface area contributed by atoms with E-state index < -0.39 is 5.82 Å². The maximum Gasteiger partial charge on any atom is 0.257 e. The molecule has 1 saturated heterocycles. The first kappa shape index (κ1) is 15.4. The smallest absolute Gasteiger partial charge is 0.257 e. The van der Waals surface area contributed by atoms with Crippen LogP contribution in [0.4, 0.5) is 4.39 Å². The van der Waals surface area contributed by atoms with Gasteiger partial charge in [-0.2, -0.15) is 0 Å². The highest BCUT2D eigenvalue weighted by Crippen LogP contribution is 2.27. The second kappa shape index (κ2) is 6.68. The number of nitrogens with two attached hydrogens (primary N) is 1. The quantitative estimate of drug-likeness (QED) is 0.916. The van der Waals surface area contributed by atoms with Gasteiger partial charge in [0, 0.05) is 23.6 Å². The maximum absolute atomic E-state index is 13.9. The molecule has 2 N–H and O–H groups in total. The zero-order chi connectivity index (χ0) is 14.7. The molecule has 2 atom stereocenters. The third-order valence-electron chi connectivity index (χ3n) is 4.10. The SMILES string of the molecule is CCC1CCN(C(=O)c2ccc(Br)cc2F)C(CN)C1. The van der Waals surface area contributed by atoms with Gasteiger partial charge in [-0.05, 0) is 37.0 Å². The van der Waals surface area contributed by atoms with Crippen LogP contribution in [0.3, 0.4) is 0 Å². The van der Waals surface area contributed by atoms with Gasteiger partial charge in [0.15, 0.2) is 0 Å². The number of hydrogen-bond acceptors (Lipinski definition) is 2. The lowest BCUT2D eigenvalue weighted by molar-refractivity contribution is 0.0554. The number of carbonyl (C=O) groups is 1. The third-order valence-corrected chi connectivity index (χ3v) is 4.59. The predicted octanol–water partition coefficient (Wildman–Crippen LogP) is 3.18. The molecular weight excluding hydrogens is 323 g/mol. The van der Waals surface area contributed by atoms with Gasteiger partial charge < -0.3 is 10.6 Å². The van der Waals surface area contributed by atoms with Gasteiger partial charge >= 0.3 is 0 Å². The van der Waals surface area contributed by atoms with E-state index in [0.717, 1.165) is 19.3 Å². The first-order valence-electron chi connectivity index (χ1n) is 7.02. The first-order chi connectivity index (χ1) is 9.56. The summed E-state index contributed by atoms with van der Waals surface area (Å²) in [4.78, 5) is 14.2. The minimum absolute atomic E-state index is 0.0178. The topological polar surface area (TPSA) is 46.3 Å². The Kier molecular flexibility index (Phi) is 5.16. The Bertz CT molecular complexity index is 495. The van der Waals surface area contributed by atoms with Crippen LogP contribution >= 0.6 is 15.9 Å². The number of likely N-dealkylation sites (tertiary alicyclic amines) is 1. The number of amides is 1. The summed E-state index contributed by atoms with van der Waals surface area (Å²) in [5.74, 6) is -0.125. The van der Waals surface area contributed by atoms with E-state index in [1.165, 1.54) is 12.1 Å². The largest absolute Gasteiger partial charge is 0.334 e. The fourth-order valence-electron chi connectivity index (χ4n) is 2.81. The van der Waals surface area contributed by atoms with Crippen molar-refractivity contribution in [1.29, 1.82) is 0 Å². The highest BCUT2D eigenvalue weighted by atomic mass is 79.9. The molecule has 1 fully saturated rings. The predicted molar refractivity (Wildman–Crippen MR) is 81.0 cm³/mol. The molecule has 0 aromatic heterocycles. The molecule has 2 unspecified atom stereocenters. The molecule has 20 heavy (non-hydrogen) atoms. The molecule has 1 aliphatic heterocycles. The van der Waals surface area contributed by atoms with Crippen molar-refractivity contribution in [3.05, 3.63) is 34.1 Å². The monoisotopic (exact) mass is 342 g/mol. The summed E-state index contributed by atoms with van der Waals surface area (Å²) in [6.45, 7) is 3.25. The van der Waals surface area contributed by atoms with Gasteiger partial charge in [0.25, 0.3) is 5.91 Å². The van der Waals surface area contributed by atoms with Crippen LogP contribution in [0.5, 0.6) is 0 Å². The Hall–Kier alpha value is -0.940. The van der Waals surface area contributed by atoms with E-state index in [-0.39, 0.29) is 17.5 Å². The van der Waals surface area contributed by atoms with Crippen molar-refractivity contribution in [2.24, 2.45) is 11.7 Å². The lowest BCUT2D eigenvalue weighted by Crippen LogP contribution is -2.49. The van der Waals surface area contributed by atoms with Crippen molar-refractivity contribution in [3.63, 3.8) is 0 Å². The Morgan fingerprint density at radius 3 is 2.90 bits per heavy atom.